The van der Waals surface area contributed by atoms with Gasteiger partial charge < -0.3 is 10.5 Å². The molecule has 0 spiro atoms. The van der Waals surface area contributed by atoms with Crippen LogP contribution in [0.3, 0.4) is 0 Å². The van der Waals surface area contributed by atoms with E-state index in [-0.39, 0.29) is 18.2 Å². The molecule has 0 aliphatic carbocycles. The van der Waals surface area contributed by atoms with E-state index in [0.717, 1.165) is 0 Å². The molecule has 0 radical (unpaired) electrons. The molecular formula is C12H12FN3O. The molecule has 1 aromatic heterocycles. The molecule has 0 fully saturated rings. The van der Waals surface area contributed by atoms with E-state index in [9.17, 15) is 4.39 Å². The minimum absolute atomic E-state index is 0.248. The summed E-state index contributed by atoms with van der Waals surface area (Å²) >= 11 is 0. The zero-order chi connectivity index (χ0) is 12.3. The van der Waals surface area contributed by atoms with E-state index < -0.39 is 0 Å². The SMILES string of the molecule is COc1ncc(CN)nc1-c1ccccc1F. The Balaban J connectivity index is 2.60. The zero-order valence-corrected chi connectivity index (χ0v) is 9.35. The summed E-state index contributed by atoms with van der Waals surface area (Å²) in [5.74, 6) is -0.0819. The van der Waals surface area contributed by atoms with Crippen molar-refractivity contribution < 1.29 is 9.13 Å². The maximum absolute atomic E-state index is 13.7. The number of nitrogens with zero attached hydrogens (tertiary/aromatic N) is 2. The van der Waals surface area contributed by atoms with Gasteiger partial charge in [0.25, 0.3) is 0 Å². The van der Waals surface area contributed by atoms with Crippen LogP contribution < -0.4 is 10.5 Å². The first-order chi connectivity index (χ1) is 8.26. The maximum atomic E-state index is 13.7. The van der Waals surface area contributed by atoms with E-state index in [0.29, 0.717) is 17.0 Å². The fourth-order valence-electron chi connectivity index (χ4n) is 1.49. The van der Waals surface area contributed by atoms with Crippen molar-refractivity contribution in [1.29, 1.82) is 0 Å². The summed E-state index contributed by atoms with van der Waals surface area (Å²) in [5.41, 5.74) is 6.80. The normalized spacial score (nSPS) is 10.3. The van der Waals surface area contributed by atoms with Gasteiger partial charge in [0.2, 0.25) is 5.88 Å². The highest BCUT2D eigenvalue weighted by Crippen LogP contribution is 2.27. The fourth-order valence-corrected chi connectivity index (χ4v) is 1.49. The molecule has 5 heteroatoms. The summed E-state index contributed by atoms with van der Waals surface area (Å²) in [4.78, 5) is 8.29. The minimum atomic E-state index is -0.366. The van der Waals surface area contributed by atoms with Gasteiger partial charge in [0.1, 0.15) is 11.5 Å². The van der Waals surface area contributed by atoms with Crippen molar-refractivity contribution in [1.82, 2.24) is 9.97 Å². The predicted molar refractivity (Wildman–Crippen MR) is 61.9 cm³/mol. The standard InChI is InChI=1S/C12H12FN3O/c1-17-12-11(16-8(6-14)7-15-12)9-4-2-3-5-10(9)13/h2-5,7H,6,14H2,1H3. The summed E-state index contributed by atoms with van der Waals surface area (Å²) in [7, 11) is 1.47. The molecule has 2 N–H and O–H groups in total. The molecule has 0 unspecified atom stereocenters. The van der Waals surface area contributed by atoms with Crippen molar-refractivity contribution in [3.05, 3.63) is 42.0 Å². The van der Waals surface area contributed by atoms with Crippen LogP contribution in [-0.4, -0.2) is 17.1 Å². The second-order valence-electron chi connectivity index (χ2n) is 3.40. The van der Waals surface area contributed by atoms with Crippen molar-refractivity contribution in [2.45, 2.75) is 6.54 Å². The first kappa shape index (κ1) is 11.5. The van der Waals surface area contributed by atoms with Crippen molar-refractivity contribution in [2.24, 2.45) is 5.73 Å². The van der Waals surface area contributed by atoms with E-state index in [1.165, 1.54) is 19.4 Å². The summed E-state index contributed by atoms with van der Waals surface area (Å²) < 4.78 is 18.7. The number of methoxy groups -OCH3 is 1. The molecule has 0 aliphatic rings. The quantitative estimate of drug-likeness (QED) is 0.877. The van der Waals surface area contributed by atoms with E-state index in [4.69, 9.17) is 10.5 Å². The van der Waals surface area contributed by atoms with Crippen molar-refractivity contribution in [2.75, 3.05) is 7.11 Å². The Labute approximate surface area is 98.3 Å². The van der Waals surface area contributed by atoms with Gasteiger partial charge in [0.15, 0.2) is 0 Å². The number of halogens is 1. The van der Waals surface area contributed by atoms with Gasteiger partial charge in [-0.1, -0.05) is 12.1 Å². The van der Waals surface area contributed by atoms with Crippen LogP contribution in [0.2, 0.25) is 0 Å². The largest absolute Gasteiger partial charge is 0.479 e. The molecule has 0 atom stereocenters. The number of rotatable bonds is 3. The Morgan fingerprint density at radius 3 is 2.76 bits per heavy atom. The molecule has 88 valence electrons. The molecule has 17 heavy (non-hydrogen) atoms. The van der Waals surface area contributed by atoms with Gasteiger partial charge >= 0.3 is 0 Å². The van der Waals surface area contributed by atoms with Gasteiger partial charge in [-0.2, -0.15) is 0 Å². The van der Waals surface area contributed by atoms with E-state index in [2.05, 4.69) is 9.97 Å². The lowest BCUT2D eigenvalue weighted by atomic mass is 10.1. The Morgan fingerprint density at radius 1 is 1.35 bits per heavy atom. The first-order valence-corrected chi connectivity index (χ1v) is 5.11. The third-order valence-electron chi connectivity index (χ3n) is 2.32. The second-order valence-corrected chi connectivity index (χ2v) is 3.40. The van der Waals surface area contributed by atoms with Crippen molar-refractivity contribution in [3.8, 4) is 17.1 Å². The molecule has 0 saturated carbocycles. The van der Waals surface area contributed by atoms with Crippen LogP contribution in [0.15, 0.2) is 30.5 Å². The van der Waals surface area contributed by atoms with E-state index in [1.54, 1.807) is 18.2 Å². The molecule has 4 nitrogen and oxygen atoms in total. The highest BCUT2D eigenvalue weighted by molar-refractivity contribution is 5.64. The minimum Gasteiger partial charge on any atom is -0.479 e. The first-order valence-electron chi connectivity index (χ1n) is 5.11. The van der Waals surface area contributed by atoms with Crippen LogP contribution >= 0.6 is 0 Å². The van der Waals surface area contributed by atoms with Crippen LogP contribution in [0.4, 0.5) is 4.39 Å². The van der Waals surface area contributed by atoms with Crippen molar-refractivity contribution in [3.63, 3.8) is 0 Å². The van der Waals surface area contributed by atoms with E-state index in [1.807, 2.05) is 0 Å². The summed E-state index contributed by atoms with van der Waals surface area (Å²) in [6.07, 6.45) is 1.52. The summed E-state index contributed by atoms with van der Waals surface area (Å²) in [6, 6.07) is 6.34. The highest BCUT2D eigenvalue weighted by atomic mass is 19.1. The lowest BCUT2D eigenvalue weighted by Crippen LogP contribution is -2.04. The third kappa shape index (κ3) is 2.24. The summed E-state index contributed by atoms with van der Waals surface area (Å²) in [6.45, 7) is 0.248. The monoisotopic (exact) mass is 233 g/mol. The maximum Gasteiger partial charge on any atom is 0.240 e. The second kappa shape index (κ2) is 4.88. The van der Waals surface area contributed by atoms with Crippen LogP contribution in [0.5, 0.6) is 5.88 Å². The van der Waals surface area contributed by atoms with Gasteiger partial charge in [-0.25, -0.2) is 14.4 Å². The highest BCUT2D eigenvalue weighted by Gasteiger charge is 2.13. The molecule has 2 aromatic rings. The fraction of sp³-hybridized carbons (Fsp3) is 0.167. The lowest BCUT2D eigenvalue weighted by Gasteiger charge is -2.08. The smallest absolute Gasteiger partial charge is 0.240 e. The number of hydrogen-bond donors (Lipinski definition) is 1. The van der Waals surface area contributed by atoms with Gasteiger partial charge in [-0.3, -0.25) is 0 Å². The molecule has 1 heterocycles. The number of ether oxygens (including phenoxy) is 1. The van der Waals surface area contributed by atoms with Crippen LogP contribution in [0.1, 0.15) is 5.69 Å². The van der Waals surface area contributed by atoms with Gasteiger partial charge in [0, 0.05) is 12.1 Å². The molecule has 1 aromatic carbocycles. The van der Waals surface area contributed by atoms with E-state index >= 15 is 0 Å². The summed E-state index contributed by atoms with van der Waals surface area (Å²) in [5, 5.41) is 0. The number of nitrogens with two attached hydrogens (primary N) is 1. The number of aromatic nitrogens is 2. The Morgan fingerprint density at radius 2 is 2.12 bits per heavy atom. The van der Waals surface area contributed by atoms with Gasteiger partial charge in [-0.05, 0) is 12.1 Å². The molecule has 0 amide bonds. The molecule has 0 saturated heterocycles. The Kier molecular flexibility index (Phi) is 3.30. The lowest BCUT2D eigenvalue weighted by molar-refractivity contribution is 0.397. The molecule has 0 aliphatic heterocycles. The average Bonchev–Trinajstić information content (AvgIpc) is 2.38. The molecule has 2 rings (SSSR count). The topological polar surface area (TPSA) is 61.0 Å². The van der Waals surface area contributed by atoms with Gasteiger partial charge in [0.05, 0.1) is 19.0 Å². The van der Waals surface area contributed by atoms with Crippen molar-refractivity contribution >= 4 is 0 Å². The van der Waals surface area contributed by atoms with Crippen LogP contribution in [0, 0.1) is 5.82 Å². The van der Waals surface area contributed by atoms with Crippen LogP contribution in [0.25, 0.3) is 11.3 Å². The molecule has 0 bridgehead atoms. The number of benzene rings is 1. The Hall–Kier alpha value is -2.01. The Bertz CT molecular complexity index is 531. The average molecular weight is 233 g/mol. The van der Waals surface area contributed by atoms with Crippen LogP contribution in [-0.2, 0) is 6.54 Å². The number of hydrogen-bond acceptors (Lipinski definition) is 4. The zero-order valence-electron chi connectivity index (χ0n) is 9.35. The predicted octanol–water partition coefficient (Wildman–Crippen LogP) is 1.75. The molecular weight excluding hydrogens is 221 g/mol. The third-order valence-corrected chi connectivity index (χ3v) is 2.32. The van der Waals surface area contributed by atoms with Gasteiger partial charge in [-0.15, -0.1) is 0 Å².